The predicted molar refractivity (Wildman–Crippen MR) is 96.0 cm³/mol. The van der Waals surface area contributed by atoms with Gasteiger partial charge in [-0.25, -0.2) is 8.42 Å². The van der Waals surface area contributed by atoms with E-state index in [0.29, 0.717) is 23.8 Å². The van der Waals surface area contributed by atoms with Crippen LogP contribution in [0.15, 0.2) is 53.9 Å². The van der Waals surface area contributed by atoms with Gasteiger partial charge < -0.3 is 9.47 Å². The number of nitrogens with one attached hydrogen (secondary N) is 1. The molecule has 1 N–H and O–H groups in total. The summed E-state index contributed by atoms with van der Waals surface area (Å²) in [6.45, 7) is 3.92. The highest BCUT2D eigenvalue weighted by Gasteiger charge is 2.22. The van der Waals surface area contributed by atoms with Gasteiger partial charge in [-0.1, -0.05) is 35.9 Å². The third-order valence-corrected chi connectivity index (χ3v) is 5.40. The SMILES string of the molecule is C=CCOc1ccc(NS(=O)(=O)c2ccc(OC)c(Cl)c2Cl)cc1. The maximum Gasteiger partial charge on any atom is 0.263 e. The molecule has 0 aliphatic heterocycles. The molecule has 0 atom stereocenters. The Morgan fingerprint density at radius 3 is 2.38 bits per heavy atom. The van der Waals surface area contributed by atoms with Crippen LogP contribution >= 0.6 is 23.2 Å². The van der Waals surface area contributed by atoms with Crippen LogP contribution in [0.2, 0.25) is 10.0 Å². The second-order valence-electron chi connectivity index (χ2n) is 4.62. The lowest BCUT2D eigenvalue weighted by atomic mass is 10.3. The minimum atomic E-state index is -3.90. The average molecular weight is 388 g/mol. The van der Waals surface area contributed by atoms with E-state index >= 15 is 0 Å². The number of hydrogen-bond donors (Lipinski definition) is 1. The van der Waals surface area contributed by atoms with Gasteiger partial charge in [0.15, 0.2) is 0 Å². The Bertz CT molecular complexity index is 836. The highest BCUT2D eigenvalue weighted by molar-refractivity contribution is 7.92. The summed E-state index contributed by atoms with van der Waals surface area (Å²) >= 11 is 12.1. The first-order chi connectivity index (χ1) is 11.4. The standard InChI is InChI=1S/C16H15Cl2NO4S/c1-3-10-23-12-6-4-11(5-7-12)19-24(20,21)14-9-8-13(22-2)15(17)16(14)18/h3-9,19H,1,10H2,2H3. The van der Waals surface area contributed by atoms with Crippen molar-refractivity contribution in [3.63, 3.8) is 0 Å². The van der Waals surface area contributed by atoms with Crippen molar-refractivity contribution in [3.05, 3.63) is 59.1 Å². The second-order valence-corrected chi connectivity index (χ2v) is 7.03. The normalized spacial score (nSPS) is 11.0. The number of rotatable bonds is 7. The minimum absolute atomic E-state index is 0.0372. The number of ether oxygens (including phenoxy) is 2. The van der Waals surface area contributed by atoms with E-state index in [0.717, 1.165) is 0 Å². The zero-order chi connectivity index (χ0) is 17.7. The number of hydrogen-bond acceptors (Lipinski definition) is 4. The van der Waals surface area contributed by atoms with Crippen molar-refractivity contribution in [2.24, 2.45) is 0 Å². The Balaban J connectivity index is 2.25. The van der Waals surface area contributed by atoms with Gasteiger partial charge >= 0.3 is 0 Å². The molecule has 0 unspecified atom stereocenters. The monoisotopic (exact) mass is 387 g/mol. The summed E-state index contributed by atoms with van der Waals surface area (Å²) in [5, 5.41) is -0.0651. The fraction of sp³-hybridized carbons (Fsp3) is 0.125. The Hall–Kier alpha value is -1.89. The lowest BCUT2D eigenvalue weighted by molar-refractivity contribution is 0.363. The molecular weight excluding hydrogens is 373 g/mol. The number of sulfonamides is 1. The van der Waals surface area contributed by atoms with E-state index in [1.807, 2.05) is 0 Å². The first kappa shape index (κ1) is 18.4. The third-order valence-electron chi connectivity index (χ3n) is 3.00. The Kier molecular flexibility index (Phi) is 5.99. The summed E-state index contributed by atoms with van der Waals surface area (Å²) in [6.07, 6.45) is 1.62. The van der Waals surface area contributed by atoms with Crippen LogP contribution in [0, 0.1) is 0 Å². The molecule has 2 aromatic carbocycles. The van der Waals surface area contributed by atoms with Crippen molar-refractivity contribution < 1.29 is 17.9 Å². The molecule has 0 aromatic heterocycles. The van der Waals surface area contributed by atoms with Crippen LogP contribution in [-0.2, 0) is 10.0 Å². The molecule has 0 aliphatic rings. The summed E-state index contributed by atoms with van der Waals surface area (Å²) < 4.78 is 37.8. The molecule has 2 rings (SSSR count). The van der Waals surface area contributed by atoms with Crippen molar-refractivity contribution in [2.75, 3.05) is 18.4 Å². The largest absolute Gasteiger partial charge is 0.495 e. The molecule has 0 spiro atoms. The van der Waals surface area contributed by atoms with E-state index in [4.69, 9.17) is 32.7 Å². The van der Waals surface area contributed by atoms with Gasteiger partial charge in [0, 0.05) is 5.69 Å². The van der Waals surface area contributed by atoms with Gasteiger partial charge in [-0.15, -0.1) is 0 Å². The fourth-order valence-electron chi connectivity index (χ4n) is 1.86. The molecule has 5 nitrogen and oxygen atoms in total. The summed E-state index contributed by atoms with van der Waals surface area (Å²) in [4.78, 5) is -0.137. The average Bonchev–Trinajstić information content (AvgIpc) is 2.56. The zero-order valence-corrected chi connectivity index (χ0v) is 15.1. The molecular formula is C16H15Cl2NO4S. The molecule has 0 amide bonds. The number of halogens is 2. The molecule has 128 valence electrons. The number of methoxy groups -OCH3 is 1. The summed E-state index contributed by atoms with van der Waals surface area (Å²) in [5.41, 5.74) is 0.365. The summed E-state index contributed by atoms with van der Waals surface area (Å²) in [6, 6.07) is 9.21. The Labute approximate surface area is 150 Å². The van der Waals surface area contributed by atoms with Crippen LogP contribution in [0.3, 0.4) is 0 Å². The molecule has 0 saturated carbocycles. The van der Waals surface area contributed by atoms with E-state index < -0.39 is 10.0 Å². The quantitative estimate of drug-likeness (QED) is 0.716. The molecule has 0 aliphatic carbocycles. The van der Waals surface area contributed by atoms with E-state index in [2.05, 4.69) is 11.3 Å². The summed E-state index contributed by atoms with van der Waals surface area (Å²) in [7, 11) is -2.48. The molecule has 0 bridgehead atoms. The molecule has 24 heavy (non-hydrogen) atoms. The molecule has 8 heteroatoms. The highest BCUT2D eigenvalue weighted by Crippen LogP contribution is 2.37. The summed E-state index contributed by atoms with van der Waals surface area (Å²) in [5.74, 6) is 0.896. The van der Waals surface area contributed by atoms with Crippen molar-refractivity contribution in [2.45, 2.75) is 4.90 Å². The fourth-order valence-corrected chi connectivity index (χ4v) is 3.76. The molecule has 2 aromatic rings. The van der Waals surface area contributed by atoms with Crippen molar-refractivity contribution >= 4 is 38.9 Å². The van der Waals surface area contributed by atoms with E-state index in [9.17, 15) is 8.42 Å². The number of benzene rings is 2. The van der Waals surface area contributed by atoms with Crippen LogP contribution in [0.25, 0.3) is 0 Å². The Morgan fingerprint density at radius 2 is 1.79 bits per heavy atom. The second kappa shape index (κ2) is 7.79. The van der Waals surface area contributed by atoms with Gasteiger partial charge in [0.05, 0.1) is 12.1 Å². The topological polar surface area (TPSA) is 64.6 Å². The van der Waals surface area contributed by atoms with Gasteiger partial charge in [-0.3, -0.25) is 4.72 Å². The number of anilines is 1. The van der Waals surface area contributed by atoms with Gasteiger partial charge in [-0.05, 0) is 36.4 Å². The first-order valence-corrected chi connectivity index (χ1v) is 9.01. The lowest BCUT2D eigenvalue weighted by Crippen LogP contribution is -2.13. The van der Waals surface area contributed by atoms with Crippen LogP contribution in [-0.4, -0.2) is 22.1 Å². The molecule has 0 radical (unpaired) electrons. The maximum atomic E-state index is 12.5. The van der Waals surface area contributed by atoms with Crippen LogP contribution in [0.5, 0.6) is 11.5 Å². The van der Waals surface area contributed by atoms with Crippen molar-refractivity contribution in [3.8, 4) is 11.5 Å². The lowest BCUT2D eigenvalue weighted by Gasteiger charge is -2.12. The zero-order valence-electron chi connectivity index (χ0n) is 12.8. The van der Waals surface area contributed by atoms with Gasteiger partial charge in [-0.2, -0.15) is 0 Å². The Morgan fingerprint density at radius 1 is 1.12 bits per heavy atom. The molecule has 0 fully saturated rings. The predicted octanol–water partition coefficient (Wildman–Crippen LogP) is 4.37. The minimum Gasteiger partial charge on any atom is -0.495 e. The highest BCUT2D eigenvalue weighted by atomic mass is 35.5. The van der Waals surface area contributed by atoms with Gasteiger partial charge in [0.1, 0.15) is 28.0 Å². The van der Waals surface area contributed by atoms with Crippen LogP contribution in [0.4, 0.5) is 5.69 Å². The smallest absolute Gasteiger partial charge is 0.263 e. The van der Waals surface area contributed by atoms with Crippen molar-refractivity contribution in [1.82, 2.24) is 0 Å². The van der Waals surface area contributed by atoms with Gasteiger partial charge in [0.25, 0.3) is 10.0 Å². The van der Waals surface area contributed by atoms with E-state index in [-0.39, 0.29) is 14.9 Å². The van der Waals surface area contributed by atoms with E-state index in [1.165, 1.54) is 19.2 Å². The van der Waals surface area contributed by atoms with Crippen LogP contribution < -0.4 is 14.2 Å². The molecule has 0 saturated heterocycles. The molecule has 0 heterocycles. The maximum absolute atomic E-state index is 12.5. The van der Waals surface area contributed by atoms with E-state index in [1.54, 1.807) is 30.3 Å². The van der Waals surface area contributed by atoms with Gasteiger partial charge in [0.2, 0.25) is 0 Å². The van der Waals surface area contributed by atoms with Crippen molar-refractivity contribution in [1.29, 1.82) is 0 Å². The first-order valence-electron chi connectivity index (χ1n) is 6.77. The van der Waals surface area contributed by atoms with Crippen LogP contribution in [0.1, 0.15) is 0 Å². The third kappa shape index (κ3) is 4.14.